The van der Waals surface area contributed by atoms with Gasteiger partial charge in [0.25, 0.3) is 11.7 Å². The molecule has 1 heterocycles. The molecule has 3 N–H and O–H groups in total. The van der Waals surface area contributed by atoms with Gasteiger partial charge in [-0.2, -0.15) is 0 Å². The molecule has 0 fully saturated rings. The lowest BCUT2D eigenvalue weighted by molar-refractivity contribution is -0.112. The number of anilines is 1. The van der Waals surface area contributed by atoms with E-state index < -0.39 is 11.7 Å². The lowest BCUT2D eigenvalue weighted by Gasteiger charge is -1.97. The average molecular weight is 200 g/mol. The van der Waals surface area contributed by atoms with E-state index in [4.69, 9.17) is 5.73 Å². The van der Waals surface area contributed by atoms with Gasteiger partial charge in [0.2, 0.25) is 0 Å². The summed E-state index contributed by atoms with van der Waals surface area (Å²) in [6.07, 6.45) is 0. The fourth-order valence-corrected chi connectivity index (χ4v) is 1.44. The van der Waals surface area contributed by atoms with Crippen LogP contribution in [-0.2, 0) is 4.79 Å². The molecule has 2 rings (SSSR count). The smallest absolute Gasteiger partial charge is 0.296 e. The number of benzene rings is 1. The molecular weight excluding hydrogens is 192 g/mol. The third-order valence-electron chi connectivity index (χ3n) is 2.07. The molecule has 0 bridgehead atoms. The molecule has 15 heavy (non-hydrogen) atoms. The number of rotatable bonds is 0. The zero-order valence-electron chi connectivity index (χ0n) is 7.83. The number of carbonyl (C=O) groups excluding carboxylic acids is 2. The van der Waals surface area contributed by atoms with E-state index >= 15 is 0 Å². The summed E-state index contributed by atoms with van der Waals surface area (Å²) in [4.78, 5) is 22.6. The Kier molecular flexibility index (Phi) is 2.24. The predicted molar refractivity (Wildman–Crippen MR) is 55.3 cm³/mol. The van der Waals surface area contributed by atoms with E-state index in [-0.39, 0.29) is 6.54 Å². The molecule has 74 valence electrons. The predicted octanol–water partition coefficient (Wildman–Crippen LogP) is 0.132. The summed E-state index contributed by atoms with van der Waals surface area (Å²) < 4.78 is 0. The SMILES string of the molecule is NCC#Cc1cccc2c1C(=O)C(=O)N2. The molecule has 0 aromatic heterocycles. The van der Waals surface area contributed by atoms with Crippen LogP contribution in [0.25, 0.3) is 0 Å². The van der Waals surface area contributed by atoms with Crippen LogP contribution in [0.3, 0.4) is 0 Å². The van der Waals surface area contributed by atoms with Crippen LogP contribution >= 0.6 is 0 Å². The minimum atomic E-state index is -0.605. The van der Waals surface area contributed by atoms with Gasteiger partial charge in [-0.25, -0.2) is 0 Å². The molecule has 0 spiro atoms. The number of carbonyl (C=O) groups is 2. The normalized spacial score (nSPS) is 12.9. The van der Waals surface area contributed by atoms with Gasteiger partial charge >= 0.3 is 0 Å². The first-order chi connectivity index (χ1) is 7.24. The fourth-order valence-electron chi connectivity index (χ4n) is 1.44. The Morgan fingerprint density at radius 1 is 1.33 bits per heavy atom. The minimum absolute atomic E-state index is 0.221. The molecule has 0 aliphatic carbocycles. The Labute approximate surface area is 86.5 Å². The largest absolute Gasteiger partial charge is 0.320 e. The van der Waals surface area contributed by atoms with E-state index in [1.165, 1.54) is 0 Å². The summed E-state index contributed by atoms with van der Waals surface area (Å²) in [6, 6.07) is 5.10. The Balaban J connectivity index is 2.57. The van der Waals surface area contributed by atoms with Gasteiger partial charge in [0.05, 0.1) is 17.8 Å². The number of fused-ring (bicyclic) bond motifs is 1. The molecule has 4 heteroatoms. The van der Waals surface area contributed by atoms with Crippen LogP contribution in [0.15, 0.2) is 18.2 Å². The molecule has 0 saturated carbocycles. The first-order valence-electron chi connectivity index (χ1n) is 4.41. The quantitative estimate of drug-likeness (QED) is 0.462. The highest BCUT2D eigenvalue weighted by molar-refractivity contribution is 6.52. The van der Waals surface area contributed by atoms with Crippen molar-refractivity contribution < 1.29 is 9.59 Å². The van der Waals surface area contributed by atoms with Gasteiger partial charge in [0, 0.05) is 5.56 Å². The summed E-state index contributed by atoms with van der Waals surface area (Å²) in [5, 5.41) is 2.48. The molecule has 0 unspecified atom stereocenters. The van der Waals surface area contributed by atoms with Crippen molar-refractivity contribution >= 4 is 17.4 Å². The van der Waals surface area contributed by atoms with Crippen molar-refractivity contribution in [3.63, 3.8) is 0 Å². The van der Waals surface area contributed by atoms with Crippen LogP contribution in [-0.4, -0.2) is 18.2 Å². The second kappa shape index (κ2) is 3.56. The number of nitrogens with two attached hydrogens (primary N) is 1. The highest BCUT2D eigenvalue weighted by Crippen LogP contribution is 2.25. The second-order valence-electron chi connectivity index (χ2n) is 3.02. The third kappa shape index (κ3) is 1.49. The lowest BCUT2D eigenvalue weighted by atomic mass is 10.0. The Morgan fingerprint density at radius 3 is 2.87 bits per heavy atom. The van der Waals surface area contributed by atoms with Crippen molar-refractivity contribution in [2.24, 2.45) is 5.73 Å². The van der Waals surface area contributed by atoms with Gasteiger partial charge in [-0.15, -0.1) is 0 Å². The molecule has 0 radical (unpaired) electrons. The van der Waals surface area contributed by atoms with Crippen molar-refractivity contribution in [1.82, 2.24) is 0 Å². The first-order valence-corrected chi connectivity index (χ1v) is 4.41. The number of hydrogen-bond donors (Lipinski definition) is 2. The molecule has 1 aromatic carbocycles. The van der Waals surface area contributed by atoms with Crippen molar-refractivity contribution in [1.29, 1.82) is 0 Å². The third-order valence-corrected chi connectivity index (χ3v) is 2.07. The molecule has 1 aromatic rings. The minimum Gasteiger partial charge on any atom is -0.320 e. The van der Waals surface area contributed by atoms with Gasteiger partial charge in [-0.1, -0.05) is 17.9 Å². The molecule has 1 aliphatic heterocycles. The maximum absolute atomic E-state index is 11.5. The van der Waals surface area contributed by atoms with E-state index in [1.54, 1.807) is 18.2 Å². The molecule has 1 aliphatic rings. The van der Waals surface area contributed by atoms with Crippen molar-refractivity contribution in [2.45, 2.75) is 0 Å². The van der Waals surface area contributed by atoms with Gasteiger partial charge < -0.3 is 11.1 Å². The average Bonchev–Trinajstić information content (AvgIpc) is 2.53. The number of hydrogen-bond acceptors (Lipinski definition) is 3. The van der Waals surface area contributed by atoms with Gasteiger partial charge in [-0.05, 0) is 12.1 Å². The standard InChI is InChI=1S/C11H8N2O2/c12-6-2-4-7-3-1-5-8-9(7)10(14)11(15)13-8/h1,3,5H,6,12H2,(H,13,14,15). The fraction of sp³-hybridized carbons (Fsp3) is 0.0909. The van der Waals surface area contributed by atoms with Gasteiger partial charge in [0.15, 0.2) is 0 Å². The van der Waals surface area contributed by atoms with E-state index in [0.717, 1.165) is 0 Å². The van der Waals surface area contributed by atoms with Crippen LogP contribution in [0, 0.1) is 11.8 Å². The monoisotopic (exact) mass is 200 g/mol. The number of amides is 1. The maximum Gasteiger partial charge on any atom is 0.296 e. The van der Waals surface area contributed by atoms with E-state index in [1.807, 2.05) is 0 Å². The van der Waals surface area contributed by atoms with Crippen molar-refractivity contribution in [3.05, 3.63) is 29.3 Å². The second-order valence-corrected chi connectivity index (χ2v) is 3.02. The Morgan fingerprint density at radius 2 is 2.13 bits per heavy atom. The summed E-state index contributed by atoms with van der Waals surface area (Å²) >= 11 is 0. The van der Waals surface area contributed by atoms with Gasteiger partial charge in [-0.3, -0.25) is 9.59 Å². The topological polar surface area (TPSA) is 72.2 Å². The van der Waals surface area contributed by atoms with Crippen LogP contribution in [0.2, 0.25) is 0 Å². The molecule has 0 atom stereocenters. The zero-order chi connectivity index (χ0) is 10.8. The summed E-state index contributed by atoms with van der Waals surface area (Å²) in [5.74, 6) is 4.28. The maximum atomic E-state index is 11.5. The highest BCUT2D eigenvalue weighted by Gasteiger charge is 2.29. The van der Waals surface area contributed by atoms with Crippen LogP contribution < -0.4 is 11.1 Å². The van der Waals surface area contributed by atoms with Gasteiger partial charge in [0.1, 0.15) is 0 Å². The number of ketones is 1. The molecule has 1 amide bonds. The van der Waals surface area contributed by atoms with Crippen LogP contribution in [0.4, 0.5) is 5.69 Å². The summed E-state index contributed by atoms with van der Waals surface area (Å²) in [6.45, 7) is 0.221. The van der Waals surface area contributed by atoms with Crippen molar-refractivity contribution in [2.75, 3.05) is 11.9 Å². The molecular formula is C11H8N2O2. The number of Topliss-reactive ketones (excluding diaryl/α,β-unsaturated/α-hetero) is 1. The lowest BCUT2D eigenvalue weighted by Crippen LogP contribution is -2.12. The molecule has 4 nitrogen and oxygen atoms in total. The number of nitrogens with one attached hydrogen (secondary N) is 1. The Hall–Kier alpha value is -2.12. The molecule has 0 saturated heterocycles. The summed E-state index contributed by atoms with van der Waals surface area (Å²) in [5.41, 5.74) is 6.66. The zero-order valence-corrected chi connectivity index (χ0v) is 7.83. The van der Waals surface area contributed by atoms with E-state index in [0.29, 0.717) is 16.8 Å². The van der Waals surface area contributed by atoms with E-state index in [9.17, 15) is 9.59 Å². The highest BCUT2D eigenvalue weighted by atomic mass is 16.2. The first kappa shape index (κ1) is 9.44. The van der Waals surface area contributed by atoms with Crippen molar-refractivity contribution in [3.8, 4) is 11.8 Å². The van der Waals surface area contributed by atoms with E-state index in [2.05, 4.69) is 17.2 Å². The Bertz CT molecular complexity index is 509. The van der Waals surface area contributed by atoms with Crippen LogP contribution in [0.1, 0.15) is 15.9 Å². The van der Waals surface area contributed by atoms with Crippen LogP contribution in [0.5, 0.6) is 0 Å². The summed E-state index contributed by atoms with van der Waals surface area (Å²) in [7, 11) is 0.